The van der Waals surface area contributed by atoms with Crippen LogP contribution in [0.2, 0.25) is 0 Å². The summed E-state index contributed by atoms with van der Waals surface area (Å²) in [7, 11) is 0. The molecule has 2 aromatic rings. The number of pyridine rings is 1. The number of carboxylic acids is 1. The van der Waals surface area contributed by atoms with Crippen molar-refractivity contribution in [2.75, 3.05) is 0 Å². The zero-order valence-electron chi connectivity index (χ0n) is 7.62. The van der Waals surface area contributed by atoms with Gasteiger partial charge in [0.25, 0.3) is 5.69 Å². The lowest BCUT2D eigenvalue weighted by Crippen LogP contribution is -1.97. The molecule has 8 heteroatoms. The number of carbonyl (C=O) groups is 1. The Bertz CT molecular complexity index is 607. The topological polar surface area (TPSA) is 97.7 Å². The van der Waals surface area contributed by atoms with Crippen molar-refractivity contribution in [3.05, 3.63) is 38.6 Å². The SMILES string of the molecule is O=C(O)c1cc2c([N+](=O)[O-])cc(Br)cn2n1. The van der Waals surface area contributed by atoms with Gasteiger partial charge >= 0.3 is 5.97 Å². The third-order valence-electron chi connectivity index (χ3n) is 1.93. The zero-order chi connectivity index (χ0) is 11.9. The van der Waals surface area contributed by atoms with Crippen LogP contribution in [-0.4, -0.2) is 25.6 Å². The number of fused-ring (bicyclic) bond motifs is 1. The van der Waals surface area contributed by atoms with Crippen molar-refractivity contribution >= 4 is 33.1 Å². The standard InChI is InChI=1S/C8H4BrN3O4/c9-4-1-7(12(15)16)6-2-5(8(13)14)10-11(6)3-4/h1-3H,(H,13,14). The van der Waals surface area contributed by atoms with Crippen LogP contribution in [-0.2, 0) is 0 Å². The average molecular weight is 286 g/mol. The Morgan fingerprint density at radius 2 is 2.25 bits per heavy atom. The summed E-state index contributed by atoms with van der Waals surface area (Å²) in [6, 6.07) is 2.45. The summed E-state index contributed by atoms with van der Waals surface area (Å²) in [6.45, 7) is 0. The van der Waals surface area contributed by atoms with Crippen LogP contribution in [0.4, 0.5) is 5.69 Å². The Hall–Kier alpha value is -1.96. The van der Waals surface area contributed by atoms with Crippen LogP contribution in [0.25, 0.3) is 5.52 Å². The van der Waals surface area contributed by atoms with Crippen molar-refractivity contribution < 1.29 is 14.8 Å². The van der Waals surface area contributed by atoms with Gasteiger partial charge in [0.2, 0.25) is 0 Å². The van der Waals surface area contributed by atoms with Crippen LogP contribution in [0.5, 0.6) is 0 Å². The molecule has 0 bridgehead atoms. The van der Waals surface area contributed by atoms with E-state index in [9.17, 15) is 14.9 Å². The molecule has 16 heavy (non-hydrogen) atoms. The van der Waals surface area contributed by atoms with E-state index in [-0.39, 0.29) is 16.9 Å². The van der Waals surface area contributed by atoms with E-state index in [4.69, 9.17) is 5.11 Å². The van der Waals surface area contributed by atoms with Crippen molar-refractivity contribution in [3.63, 3.8) is 0 Å². The molecule has 0 aliphatic rings. The lowest BCUT2D eigenvalue weighted by molar-refractivity contribution is -0.383. The minimum absolute atomic E-state index is 0.144. The van der Waals surface area contributed by atoms with E-state index < -0.39 is 10.9 Å². The largest absolute Gasteiger partial charge is 0.476 e. The van der Waals surface area contributed by atoms with Crippen LogP contribution < -0.4 is 0 Å². The third kappa shape index (κ3) is 1.63. The van der Waals surface area contributed by atoms with Gasteiger partial charge in [0.05, 0.1) is 4.92 Å². The summed E-state index contributed by atoms with van der Waals surface area (Å²) in [5, 5.41) is 23.2. The maximum atomic E-state index is 10.7. The van der Waals surface area contributed by atoms with Crippen molar-refractivity contribution in [1.29, 1.82) is 0 Å². The monoisotopic (exact) mass is 285 g/mol. The van der Waals surface area contributed by atoms with Gasteiger partial charge in [0.1, 0.15) is 5.52 Å². The smallest absolute Gasteiger partial charge is 0.356 e. The van der Waals surface area contributed by atoms with Gasteiger partial charge in [-0.3, -0.25) is 10.1 Å². The van der Waals surface area contributed by atoms with Crippen molar-refractivity contribution in [1.82, 2.24) is 9.61 Å². The van der Waals surface area contributed by atoms with E-state index >= 15 is 0 Å². The molecule has 2 aromatic heterocycles. The highest BCUT2D eigenvalue weighted by atomic mass is 79.9. The molecule has 0 amide bonds. The van der Waals surface area contributed by atoms with Gasteiger partial charge < -0.3 is 5.11 Å². The molecule has 0 spiro atoms. The van der Waals surface area contributed by atoms with Crippen LogP contribution in [0.3, 0.4) is 0 Å². The predicted molar refractivity (Wildman–Crippen MR) is 56.5 cm³/mol. The fourth-order valence-electron chi connectivity index (χ4n) is 1.29. The first-order valence-electron chi connectivity index (χ1n) is 4.05. The van der Waals surface area contributed by atoms with E-state index in [0.29, 0.717) is 4.47 Å². The number of rotatable bonds is 2. The zero-order valence-corrected chi connectivity index (χ0v) is 9.21. The van der Waals surface area contributed by atoms with Gasteiger partial charge in [0, 0.05) is 22.8 Å². The predicted octanol–water partition coefficient (Wildman–Crippen LogP) is 1.70. The number of nitro groups is 1. The van der Waals surface area contributed by atoms with Gasteiger partial charge in [-0.1, -0.05) is 0 Å². The first kappa shape index (κ1) is 10.6. The van der Waals surface area contributed by atoms with E-state index in [1.807, 2.05) is 0 Å². The van der Waals surface area contributed by atoms with E-state index in [0.717, 1.165) is 10.6 Å². The van der Waals surface area contributed by atoms with Crippen molar-refractivity contribution in [2.45, 2.75) is 0 Å². The van der Waals surface area contributed by atoms with E-state index in [2.05, 4.69) is 21.0 Å². The van der Waals surface area contributed by atoms with Gasteiger partial charge in [-0.2, -0.15) is 5.10 Å². The summed E-state index contributed by atoms with van der Waals surface area (Å²) in [6.07, 6.45) is 1.45. The molecule has 0 radical (unpaired) electrons. The molecule has 0 aliphatic carbocycles. The molecular formula is C8H4BrN3O4. The maximum Gasteiger partial charge on any atom is 0.356 e. The molecule has 2 heterocycles. The summed E-state index contributed by atoms with van der Waals surface area (Å²) in [5.74, 6) is -1.23. The molecular weight excluding hydrogens is 282 g/mol. The fourth-order valence-corrected chi connectivity index (χ4v) is 1.70. The van der Waals surface area contributed by atoms with Crippen molar-refractivity contribution in [3.8, 4) is 0 Å². The quantitative estimate of drug-likeness (QED) is 0.669. The number of hydrogen-bond donors (Lipinski definition) is 1. The Labute approximate surface area is 96.6 Å². The number of halogens is 1. The number of nitrogens with zero attached hydrogens (tertiary/aromatic N) is 3. The van der Waals surface area contributed by atoms with Gasteiger partial charge in [-0.05, 0) is 15.9 Å². The molecule has 0 fully saturated rings. The van der Waals surface area contributed by atoms with Crippen LogP contribution >= 0.6 is 15.9 Å². The highest BCUT2D eigenvalue weighted by molar-refractivity contribution is 9.10. The Morgan fingerprint density at radius 3 is 2.81 bits per heavy atom. The number of carboxylic acid groups (broad SMARTS) is 1. The van der Waals surface area contributed by atoms with Gasteiger partial charge in [-0.15, -0.1) is 0 Å². The number of aromatic nitrogens is 2. The van der Waals surface area contributed by atoms with E-state index in [1.165, 1.54) is 12.3 Å². The third-order valence-corrected chi connectivity index (χ3v) is 2.37. The average Bonchev–Trinajstić information content (AvgIpc) is 2.59. The van der Waals surface area contributed by atoms with Gasteiger partial charge in [0.15, 0.2) is 5.69 Å². The normalized spacial score (nSPS) is 10.6. The lowest BCUT2D eigenvalue weighted by atomic mass is 10.3. The Kier molecular flexibility index (Phi) is 2.35. The highest BCUT2D eigenvalue weighted by Gasteiger charge is 2.18. The molecule has 0 aliphatic heterocycles. The molecule has 82 valence electrons. The summed E-state index contributed by atoms with van der Waals surface area (Å²) in [4.78, 5) is 20.8. The molecule has 1 N–H and O–H groups in total. The van der Waals surface area contributed by atoms with Crippen LogP contribution in [0, 0.1) is 10.1 Å². The van der Waals surface area contributed by atoms with Crippen molar-refractivity contribution in [2.24, 2.45) is 0 Å². The summed E-state index contributed by atoms with van der Waals surface area (Å²) < 4.78 is 1.61. The molecule has 2 rings (SSSR count). The molecule has 0 aromatic carbocycles. The Balaban J connectivity index is 2.80. The molecule has 0 saturated heterocycles. The first-order chi connectivity index (χ1) is 7.49. The summed E-state index contributed by atoms with van der Waals surface area (Å²) in [5.41, 5.74) is -0.291. The fraction of sp³-hybridized carbons (Fsp3) is 0. The minimum atomic E-state index is -1.23. The molecule has 0 saturated carbocycles. The second-order valence-electron chi connectivity index (χ2n) is 2.97. The summed E-state index contributed by atoms with van der Waals surface area (Å²) >= 11 is 3.09. The minimum Gasteiger partial charge on any atom is -0.476 e. The highest BCUT2D eigenvalue weighted by Crippen LogP contribution is 2.24. The number of hydrogen-bond acceptors (Lipinski definition) is 4. The molecule has 7 nitrogen and oxygen atoms in total. The van der Waals surface area contributed by atoms with E-state index in [1.54, 1.807) is 0 Å². The lowest BCUT2D eigenvalue weighted by Gasteiger charge is -1.96. The second-order valence-corrected chi connectivity index (χ2v) is 3.88. The Morgan fingerprint density at radius 1 is 1.56 bits per heavy atom. The van der Waals surface area contributed by atoms with Crippen LogP contribution in [0.1, 0.15) is 10.5 Å². The van der Waals surface area contributed by atoms with Gasteiger partial charge in [-0.25, -0.2) is 9.31 Å². The molecule has 0 unspecified atom stereocenters. The number of aromatic carboxylic acids is 1. The second kappa shape index (κ2) is 3.56. The van der Waals surface area contributed by atoms with Crippen LogP contribution in [0.15, 0.2) is 22.8 Å². The molecule has 0 atom stereocenters. The first-order valence-corrected chi connectivity index (χ1v) is 4.85. The maximum absolute atomic E-state index is 10.7.